The molecule has 1 aromatic carbocycles. The van der Waals surface area contributed by atoms with Gasteiger partial charge < -0.3 is 9.05 Å². The average molecular weight is 295 g/mol. The molecule has 0 aliphatic carbocycles. The topological polar surface area (TPSA) is 24.9 Å². The molecular weight excluding hydrogens is 268 g/mol. The second-order valence-corrected chi connectivity index (χ2v) is 5.99. The van der Waals surface area contributed by atoms with Crippen LogP contribution in [-0.2, 0) is 9.05 Å². The monoisotopic (exact) mass is 295 g/mol. The quantitative estimate of drug-likeness (QED) is 0.515. The van der Waals surface area contributed by atoms with E-state index in [2.05, 4.69) is 46.8 Å². The Kier molecular flexibility index (Phi) is 8.02. The smallest absolute Gasteiger partial charge is 0.301 e. The van der Waals surface area contributed by atoms with Gasteiger partial charge in [-0.2, -0.15) is 10.1 Å². The fourth-order valence-corrected chi connectivity index (χ4v) is 3.71. The minimum atomic E-state index is -1.55. The van der Waals surface area contributed by atoms with E-state index >= 15 is 0 Å². The molecule has 113 valence electrons. The summed E-state index contributed by atoms with van der Waals surface area (Å²) >= 11 is 0. The maximum Gasteiger partial charge on any atom is 0.459 e. The highest BCUT2D eigenvalue weighted by molar-refractivity contribution is 6.61. The van der Waals surface area contributed by atoms with Crippen molar-refractivity contribution in [2.45, 2.75) is 34.6 Å². The van der Waals surface area contributed by atoms with E-state index in [0.29, 0.717) is 0 Å². The van der Waals surface area contributed by atoms with Gasteiger partial charge in [0.1, 0.15) is 0 Å². The third-order valence-electron chi connectivity index (χ3n) is 3.20. The van der Waals surface area contributed by atoms with Crippen LogP contribution in [0.4, 0.5) is 0 Å². The molecule has 0 saturated heterocycles. The van der Waals surface area contributed by atoms with E-state index in [1.165, 1.54) is 10.8 Å². The van der Waals surface area contributed by atoms with Crippen LogP contribution in [0.5, 0.6) is 0 Å². The molecule has 0 atom stereocenters. The molecule has 0 spiro atoms. The highest BCUT2D eigenvalue weighted by atomic mass is 28.3. The molecule has 5 heteroatoms. The summed E-state index contributed by atoms with van der Waals surface area (Å²) in [4.78, 5) is 0. The number of rotatable bonds is 9. The lowest BCUT2D eigenvalue weighted by Gasteiger charge is -2.28. The normalized spacial score (nSPS) is 11.8. The summed E-state index contributed by atoms with van der Waals surface area (Å²) in [6.07, 6.45) is 0. The van der Waals surface area contributed by atoms with Gasteiger partial charge in [0.05, 0.1) is 0 Å². The Labute approximate surface area is 125 Å². The van der Waals surface area contributed by atoms with Crippen molar-refractivity contribution in [3.8, 4) is 0 Å². The first-order valence-electron chi connectivity index (χ1n) is 7.44. The Morgan fingerprint density at radius 2 is 1.30 bits per heavy atom. The number of benzene rings is 1. The molecular formula is C15H27N2O2Si. The van der Waals surface area contributed by atoms with Gasteiger partial charge in [-0.3, -0.25) is 0 Å². The van der Waals surface area contributed by atoms with E-state index in [4.69, 9.17) is 9.05 Å². The van der Waals surface area contributed by atoms with Crippen molar-refractivity contribution in [3.05, 3.63) is 29.8 Å². The molecule has 0 bridgehead atoms. The maximum absolute atomic E-state index is 6.12. The molecule has 1 rings (SSSR count). The molecule has 1 aromatic rings. The lowest BCUT2D eigenvalue weighted by atomic mass is 10.2. The molecule has 4 nitrogen and oxygen atoms in total. The predicted molar refractivity (Wildman–Crippen MR) is 84.6 cm³/mol. The van der Waals surface area contributed by atoms with Crippen LogP contribution in [0, 0.1) is 6.92 Å². The Balaban J connectivity index is 2.91. The summed E-state index contributed by atoms with van der Waals surface area (Å²) < 4.78 is 12.2. The van der Waals surface area contributed by atoms with E-state index in [9.17, 15) is 0 Å². The van der Waals surface area contributed by atoms with Crippen LogP contribution < -0.4 is 5.19 Å². The summed E-state index contributed by atoms with van der Waals surface area (Å²) in [5.41, 5.74) is 1.22. The molecule has 0 aromatic heterocycles. The largest absolute Gasteiger partial charge is 0.459 e. The maximum atomic E-state index is 6.12. The lowest BCUT2D eigenvalue weighted by Crippen LogP contribution is -2.48. The Hall–Kier alpha value is -0.723. The second-order valence-electron chi connectivity index (χ2n) is 4.51. The Morgan fingerprint density at radius 1 is 0.850 bits per heavy atom. The third-order valence-corrected chi connectivity index (χ3v) is 5.05. The number of nitrogens with zero attached hydrogens (tertiary/aromatic N) is 2. The standard InChI is InChI=1S/C15H27N2O2Si/c1-6-16(7-2)18-20(19-17(8-3)9-4)15-13-11-10-12-14(15)5/h10-13H,6-9H2,1-5H3. The van der Waals surface area contributed by atoms with Gasteiger partial charge in [0.2, 0.25) is 0 Å². The van der Waals surface area contributed by atoms with Gasteiger partial charge in [0.25, 0.3) is 0 Å². The fraction of sp³-hybridized carbons (Fsp3) is 0.600. The summed E-state index contributed by atoms with van der Waals surface area (Å²) in [6, 6.07) is 8.31. The summed E-state index contributed by atoms with van der Waals surface area (Å²) in [5.74, 6) is 0. The minimum Gasteiger partial charge on any atom is -0.301 e. The molecule has 20 heavy (non-hydrogen) atoms. The number of aryl methyl sites for hydroxylation is 1. The molecule has 0 unspecified atom stereocenters. The van der Waals surface area contributed by atoms with Crippen LogP contribution in [0.25, 0.3) is 0 Å². The van der Waals surface area contributed by atoms with Crippen LogP contribution in [0.1, 0.15) is 33.3 Å². The van der Waals surface area contributed by atoms with Crippen molar-refractivity contribution in [1.29, 1.82) is 0 Å². The number of hydrogen-bond acceptors (Lipinski definition) is 4. The minimum absolute atomic E-state index is 0.859. The van der Waals surface area contributed by atoms with Gasteiger partial charge in [-0.05, 0) is 12.5 Å². The van der Waals surface area contributed by atoms with Crippen LogP contribution in [0.2, 0.25) is 0 Å². The number of hydrogen-bond donors (Lipinski definition) is 0. The summed E-state index contributed by atoms with van der Waals surface area (Å²) in [5, 5.41) is 5.10. The van der Waals surface area contributed by atoms with Gasteiger partial charge >= 0.3 is 9.28 Å². The molecule has 0 amide bonds. The van der Waals surface area contributed by atoms with Crippen LogP contribution in [-0.4, -0.2) is 45.6 Å². The molecule has 0 N–H and O–H groups in total. The van der Waals surface area contributed by atoms with Crippen molar-refractivity contribution >= 4 is 14.5 Å². The third kappa shape index (κ3) is 4.99. The molecule has 0 fully saturated rings. The Morgan fingerprint density at radius 3 is 1.70 bits per heavy atom. The molecule has 0 aliphatic rings. The fourth-order valence-electron chi connectivity index (χ4n) is 1.86. The first-order valence-corrected chi connectivity index (χ1v) is 8.76. The van der Waals surface area contributed by atoms with Crippen molar-refractivity contribution in [2.75, 3.05) is 26.2 Å². The summed E-state index contributed by atoms with van der Waals surface area (Å²) in [7, 11) is -1.55. The summed E-state index contributed by atoms with van der Waals surface area (Å²) in [6.45, 7) is 13.9. The van der Waals surface area contributed by atoms with Crippen LogP contribution in [0.15, 0.2) is 24.3 Å². The van der Waals surface area contributed by atoms with Gasteiger partial charge in [0, 0.05) is 31.4 Å². The molecule has 0 aliphatic heterocycles. The van der Waals surface area contributed by atoms with E-state index in [0.717, 1.165) is 26.2 Å². The molecule has 0 saturated carbocycles. The van der Waals surface area contributed by atoms with Gasteiger partial charge in [-0.15, -0.1) is 0 Å². The van der Waals surface area contributed by atoms with Crippen molar-refractivity contribution < 1.29 is 9.05 Å². The zero-order valence-corrected chi connectivity index (χ0v) is 14.3. The second kappa shape index (κ2) is 9.26. The Bertz CT molecular complexity index is 368. The highest BCUT2D eigenvalue weighted by Crippen LogP contribution is 2.04. The highest BCUT2D eigenvalue weighted by Gasteiger charge is 2.26. The van der Waals surface area contributed by atoms with E-state index in [1.54, 1.807) is 0 Å². The van der Waals surface area contributed by atoms with Crippen LogP contribution >= 0.6 is 0 Å². The van der Waals surface area contributed by atoms with E-state index < -0.39 is 9.28 Å². The molecule has 1 radical (unpaired) electrons. The van der Waals surface area contributed by atoms with Crippen LogP contribution in [0.3, 0.4) is 0 Å². The van der Waals surface area contributed by atoms with Crippen molar-refractivity contribution in [2.24, 2.45) is 0 Å². The number of hydroxylamine groups is 4. The van der Waals surface area contributed by atoms with Gasteiger partial charge in [-0.25, -0.2) is 0 Å². The zero-order chi connectivity index (χ0) is 15.0. The first kappa shape index (κ1) is 17.3. The van der Waals surface area contributed by atoms with Gasteiger partial charge in [-0.1, -0.05) is 52.0 Å². The van der Waals surface area contributed by atoms with Crippen molar-refractivity contribution in [1.82, 2.24) is 10.1 Å². The average Bonchev–Trinajstić information content (AvgIpc) is 2.48. The lowest BCUT2D eigenvalue weighted by molar-refractivity contribution is -0.127. The predicted octanol–water partition coefficient (Wildman–Crippen LogP) is 2.24. The molecule has 0 heterocycles. The van der Waals surface area contributed by atoms with E-state index in [1.807, 2.05) is 22.3 Å². The van der Waals surface area contributed by atoms with Crippen molar-refractivity contribution in [3.63, 3.8) is 0 Å². The first-order chi connectivity index (χ1) is 9.65. The van der Waals surface area contributed by atoms with E-state index in [-0.39, 0.29) is 0 Å². The SMILES string of the molecule is CCN(CC)O[Si](ON(CC)CC)c1ccccc1C. The zero-order valence-electron chi connectivity index (χ0n) is 13.3. The van der Waals surface area contributed by atoms with Gasteiger partial charge in [0.15, 0.2) is 0 Å².